The van der Waals surface area contributed by atoms with Crippen LogP contribution in [0.15, 0.2) is 29.2 Å². The quantitative estimate of drug-likeness (QED) is 0.564. The Morgan fingerprint density at radius 3 is 3.11 bits per heavy atom. The Labute approximate surface area is 60.3 Å². The zero-order valence-corrected chi connectivity index (χ0v) is 6.24. The Kier molecular flexibility index (Phi) is 2.65. The zero-order valence-electron chi connectivity index (χ0n) is 5.42. The monoisotopic (exact) mass is 137 g/mol. The zero-order chi connectivity index (χ0) is 6.53. The van der Waals surface area contributed by atoms with Crippen LogP contribution in [-0.4, -0.2) is 5.75 Å². The minimum atomic E-state index is 1.14. The molecule has 0 unspecified atom stereocenters. The van der Waals surface area contributed by atoms with Crippen LogP contribution in [0.1, 0.15) is 6.92 Å². The van der Waals surface area contributed by atoms with Gasteiger partial charge in [-0.2, -0.15) is 0 Å². The van der Waals surface area contributed by atoms with Crippen molar-refractivity contribution in [1.29, 1.82) is 0 Å². The van der Waals surface area contributed by atoms with Gasteiger partial charge in [-0.05, 0) is 24.0 Å². The van der Waals surface area contributed by atoms with Gasteiger partial charge >= 0.3 is 0 Å². The summed E-state index contributed by atoms with van der Waals surface area (Å²) in [6.07, 6.45) is 0. The fraction of sp³-hybridized carbons (Fsp3) is 0.250. The maximum absolute atomic E-state index is 3.02. The summed E-state index contributed by atoms with van der Waals surface area (Å²) in [7, 11) is 0. The van der Waals surface area contributed by atoms with Crippen LogP contribution >= 0.6 is 11.8 Å². The molecule has 0 bridgehead atoms. The van der Waals surface area contributed by atoms with E-state index in [1.165, 1.54) is 4.90 Å². The molecule has 1 rings (SSSR count). The molecule has 0 atom stereocenters. The largest absolute Gasteiger partial charge is 0.126 e. The Morgan fingerprint density at radius 1 is 1.67 bits per heavy atom. The molecular formula is C8H9S. The lowest BCUT2D eigenvalue weighted by atomic mass is 10.4. The molecule has 0 saturated heterocycles. The summed E-state index contributed by atoms with van der Waals surface area (Å²) >= 11 is 1.84. The number of thioether (sulfide) groups is 1. The van der Waals surface area contributed by atoms with E-state index in [1.807, 2.05) is 30.0 Å². The SMILES string of the molecule is CCSc1c[c]ccc1. The van der Waals surface area contributed by atoms with Crippen molar-refractivity contribution >= 4 is 11.8 Å². The van der Waals surface area contributed by atoms with Gasteiger partial charge < -0.3 is 0 Å². The summed E-state index contributed by atoms with van der Waals surface area (Å²) in [5.41, 5.74) is 0. The summed E-state index contributed by atoms with van der Waals surface area (Å²) in [4.78, 5) is 1.31. The van der Waals surface area contributed by atoms with Gasteiger partial charge in [0.1, 0.15) is 0 Å². The molecule has 0 aliphatic heterocycles. The predicted molar refractivity (Wildman–Crippen MR) is 41.7 cm³/mol. The normalized spacial score (nSPS) is 9.44. The lowest BCUT2D eigenvalue weighted by molar-refractivity contribution is 1.42. The Morgan fingerprint density at radius 2 is 2.56 bits per heavy atom. The third-order valence-electron chi connectivity index (χ3n) is 0.990. The van der Waals surface area contributed by atoms with Gasteiger partial charge in [-0.3, -0.25) is 0 Å². The average molecular weight is 137 g/mol. The first-order valence-corrected chi connectivity index (χ1v) is 4.01. The van der Waals surface area contributed by atoms with Gasteiger partial charge in [0.05, 0.1) is 0 Å². The number of rotatable bonds is 2. The topological polar surface area (TPSA) is 0 Å². The summed E-state index contributed by atoms with van der Waals surface area (Å²) in [5, 5.41) is 0. The number of hydrogen-bond donors (Lipinski definition) is 0. The van der Waals surface area contributed by atoms with Gasteiger partial charge in [-0.25, -0.2) is 0 Å². The second kappa shape index (κ2) is 3.57. The van der Waals surface area contributed by atoms with Crippen molar-refractivity contribution in [1.82, 2.24) is 0 Å². The molecule has 0 saturated carbocycles. The molecule has 0 N–H and O–H groups in total. The molecule has 0 aliphatic carbocycles. The van der Waals surface area contributed by atoms with Crippen molar-refractivity contribution in [2.24, 2.45) is 0 Å². The van der Waals surface area contributed by atoms with Crippen molar-refractivity contribution in [3.63, 3.8) is 0 Å². The van der Waals surface area contributed by atoms with Crippen molar-refractivity contribution in [2.75, 3.05) is 5.75 Å². The van der Waals surface area contributed by atoms with Crippen LogP contribution in [0.3, 0.4) is 0 Å². The Balaban J connectivity index is 2.61. The highest BCUT2D eigenvalue weighted by atomic mass is 32.2. The van der Waals surface area contributed by atoms with E-state index in [4.69, 9.17) is 0 Å². The van der Waals surface area contributed by atoms with Crippen LogP contribution in [0.25, 0.3) is 0 Å². The van der Waals surface area contributed by atoms with E-state index in [9.17, 15) is 0 Å². The van der Waals surface area contributed by atoms with Crippen molar-refractivity contribution in [3.05, 3.63) is 30.3 Å². The van der Waals surface area contributed by atoms with E-state index in [0.717, 1.165) is 5.75 Å². The van der Waals surface area contributed by atoms with Gasteiger partial charge in [0.15, 0.2) is 0 Å². The minimum Gasteiger partial charge on any atom is -0.126 e. The fourth-order valence-corrected chi connectivity index (χ4v) is 1.29. The van der Waals surface area contributed by atoms with E-state index in [0.29, 0.717) is 0 Å². The van der Waals surface area contributed by atoms with Crippen LogP contribution in [0.5, 0.6) is 0 Å². The first kappa shape index (κ1) is 6.69. The molecule has 0 heterocycles. The molecule has 0 spiro atoms. The van der Waals surface area contributed by atoms with E-state index < -0.39 is 0 Å². The molecule has 0 nitrogen and oxygen atoms in total. The van der Waals surface area contributed by atoms with Gasteiger partial charge in [0.2, 0.25) is 0 Å². The number of hydrogen-bond acceptors (Lipinski definition) is 1. The molecule has 1 aromatic carbocycles. The summed E-state index contributed by atoms with van der Waals surface area (Å²) in [6, 6.07) is 11.1. The summed E-state index contributed by atoms with van der Waals surface area (Å²) < 4.78 is 0. The molecule has 1 aromatic rings. The van der Waals surface area contributed by atoms with Gasteiger partial charge in [0, 0.05) is 4.90 Å². The molecular weight excluding hydrogens is 128 g/mol. The van der Waals surface area contributed by atoms with E-state index >= 15 is 0 Å². The molecule has 1 radical (unpaired) electrons. The molecule has 0 fully saturated rings. The van der Waals surface area contributed by atoms with Crippen LogP contribution in [0, 0.1) is 6.07 Å². The fourth-order valence-electron chi connectivity index (χ4n) is 0.633. The van der Waals surface area contributed by atoms with Crippen LogP contribution < -0.4 is 0 Å². The maximum atomic E-state index is 3.02. The van der Waals surface area contributed by atoms with Crippen LogP contribution in [-0.2, 0) is 0 Å². The summed E-state index contributed by atoms with van der Waals surface area (Å²) in [6.45, 7) is 2.15. The van der Waals surface area contributed by atoms with Gasteiger partial charge in [-0.15, -0.1) is 11.8 Å². The van der Waals surface area contributed by atoms with Gasteiger partial charge in [0.25, 0.3) is 0 Å². The van der Waals surface area contributed by atoms with E-state index in [2.05, 4.69) is 19.1 Å². The van der Waals surface area contributed by atoms with E-state index in [-0.39, 0.29) is 0 Å². The molecule has 47 valence electrons. The third-order valence-corrected chi connectivity index (χ3v) is 1.87. The Hall–Kier alpha value is -0.430. The average Bonchev–Trinajstić information content (AvgIpc) is 1.91. The molecule has 9 heavy (non-hydrogen) atoms. The second-order valence-electron chi connectivity index (χ2n) is 1.67. The van der Waals surface area contributed by atoms with Crippen molar-refractivity contribution < 1.29 is 0 Å². The third kappa shape index (κ3) is 2.10. The highest BCUT2D eigenvalue weighted by Crippen LogP contribution is 2.14. The van der Waals surface area contributed by atoms with E-state index in [1.54, 1.807) is 0 Å². The highest BCUT2D eigenvalue weighted by Gasteiger charge is 1.85. The Bertz CT molecular complexity index is 157. The highest BCUT2D eigenvalue weighted by molar-refractivity contribution is 7.99. The first-order valence-electron chi connectivity index (χ1n) is 3.02. The first-order chi connectivity index (χ1) is 4.43. The van der Waals surface area contributed by atoms with Crippen LogP contribution in [0.4, 0.5) is 0 Å². The van der Waals surface area contributed by atoms with Crippen molar-refractivity contribution in [2.45, 2.75) is 11.8 Å². The van der Waals surface area contributed by atoms with Crippen molar-refractivity contribution in [3.8, 4) is 0 Å². The second-order valence-corrected chi connectivity index (χ2v) is 3.01. The van der Waals surface area contributed by atoms with Crippen LogP contribution in [0.2, 0.25) is 0 Å². The smallest absolute Gasteiger partial charge is 0.00780 e. The molecule has 0 aliphatic rings. The van der Waals surface area contributed by atoms with Gasteiger partial charge in [-0.1, -0.05) is 19.1 Å². The number of benzene rings is 1. The summed E-state index contributed by atoms with van der Waals surface area (Å²) in [5.74, 6) is 1.14. The maximum Gasteiger partial charge on any atom is 0.00780 e. The standard InChI is InChI=1S/C8H9S/c1-2-9-8-6-4-3-5-7-8/h3-4,6-7H,2H2,1H3. The predicted octanol–water partition coefficient (Wildman–Crippen LogP) is 2.60. The molecule has 0 aromatic heterocycles. The minimum absolute atomic E-state index is 1.14. The molecule has 0 amide bonds. The molecule has 1 heteroatoms. The lowest BCUT2D eigenvalue weighted by Gasteiger charge is -1.93. The lowest BCUT2D eigenvalue weighted by Crippen LogP contribution is -1.69.